The van der Waals surface area contributed by atoms with Crippen LogP contribution in [-0.4, -0.2) is 21.2 Å². The third-order valence-corrected chi connectivity index (χ3v) is 4.32. The molecule has 2 aromatic carbocycles. The fraction of sp³-hybridized carbons (Fsp3) is 0. The minimum Gasteiger partial charge on any atom is -0.321 e. The van der Waals surface area contributed by atoms with E-state index in [-0.39, 0.29) is 11.5 Å². The molecule has 0 spiro atoms. The van der Waals surface area contributed by atoms with Crippen LogP contribution < -0.4 is 10.6 Å². The maximum atomic E-state index is 13.1. The van der Waals surface area contributed by atoms with E-state index in [0.29, 0.717) is 22.5 Å². The van der Waals surface area contributed by atoms with Gasteiger partial charge in [0.05, 0.1) is 17.1 Å². The maximum Gasteiger partial charge on any atom is 0.292 e. The van der Waals surface area contributed by atoms with Gasteiger partial charge in [-0.15, -0.1) is 0 Å². The van der Waals surface area contributed by atoms with E-state index in [1.165, 1.54) is 34.7 Å². The Bertz CT molecular complexity index is 1310. The molecule has 2 amide bonds. The first-order valence-electron chi connectivity index (χ1n) is 8.90. The molecule has 4 aromatic rings. The van der Waals surface area contributed by atoms with Crippen molar-refractivity contribution in [3.05, 3.63) is 95.8 Å². The van der Waals surface area contributed by atoms with Crippen molar-refractivity contribution in [3.8, 4) is 6.07 Å². The third-order valence-electron chi connectivity index (χ3n) is 4.32. The molecule has 30 heavy (non-hydrogen) atoms. The second kappa shape index (κ2) is 7.85. The van der Waals surface area contributed by atoms with Gasteiger partial charge in [-0.3, -0.25) is 14.0 Å². The highest BCUT2D eigenvalue weighted by atomic mass is 19.1. The lowest BCUT2D eigenvalue weighted by Gasteiger charge is -2.04. The zero-order chi connectivity index (χ0) is 21.1. The number of halogens is 1. The Balaban J connectivity index is 1.66. The van der Waals surface area contributed by atoms with E-state index >= 15 is 0 Å². The third kappa shape index (κ3) is 3.72. The fourth-order valence-corrected chi connectivity index (χ4v) is 2.94. The quantitative estimate of drug-likeness (QED) is 0.544. The molecule has 0 saturated heterocycles. The number of hydrogen-bond donors (Lipinski definition) is 2. The van der Waals surface area contributed by atoms with E-state index < -0.39 is 17.6 Å². The van der Waals surface area contributed by atoms with Crippen molar-refractivity contribution in [3.63, 3.8) is 0 Å². The number of hydrogen-bond acceptors (Lipinski definition) is 4. The van der Waals surface area contributed by atoms with Crippen molar-refractivity contribution in [2.75, 3.05) is 10.6 Å². The largest absolute Gasteiger partial charge is 0.321 e. The molecule has 0 fully saturated rings. The van der Waals surface area contributed by atoms with Crippen LogP contribution in [0.4, 0.5) is 15.8 Å². The van der Waals surface area contributed by atoms with Crippen molar-refractivity contribution in [1.29, 1.82) is 5.26 Å². The second-order valence-electron chi connectivity index (χ2n) is 6.35. The van der Waals surface area contributed by atoms with E-state index in [2.05, 4.69) is 15.6 Å². The van der Waals surface area contributed by atoms with Crippen LogP contribution in [0, 0.1) is 17.1 Å². The van der Waals surface area contributed by atoms with Gasteiger partial charge in [0, 0.05) is 17.6 Å². The number of nitriles is 1. The van der Waals surface area contributed by atoms with Crippen LogP contribution in [0.15, 0.2) is 72.9 Å². The molecule has 0 aliphatic rings. The van der Waals surface area contributed by atoms with Gasteiger partial charge in [0.1, 0.15) is 5.82 Å². The lowest BCUT2D eigenvalue weighted by molar-refractivity contribution is 0.101. The van der Waals surface area contributed by atoms with Crippen LogP contribution in [0.1, 0.15) is 26.7 Å². The predicted octanol–water partition coefficient (Wildman–Crippen LogP) is 3.85. The lowest BCUT2D eigenvalue weighted by atomic mass is 10.2. The minimum absolute atomic E-state index is 0.0113. The van der Waals surface area contributed by atoms with Crippen LogP contribution in [-0.2, 0) is 0 Å². The first-order chi connectivity index (χ1) is 14.5. The van der Waals surface area contributed by atoms with Crippen molar-refractivity contribution in [1.82, 2.24) is 9.38 Å². The molecule has 0 aliphatic heterocycles. The van der Waals surface area contributed by atoms with E-state index in [4.69, 9.17) is 5.26 Å². The van der Waals surface area contributed by atoms with Gasteiger partial charge in [0.15, 0.2) is 5.69 Å². The number of anilines is 2. The molecule has 4 rings (SSSR count). The van der Waals surface area contributed by atoms with Gasteiger partial charge < -0.3 is 10.6 Å². The van der Waals surface area contributed by atoms with E-state index in [0.717, 1.165) is 0 Å². The molecule has 146 valence electrons. The Hall–Kier alpha value is -4.51. The number of nitrogens with one attached hydrogen (secondary N) is 2. The van der Waals surface area contributed by atoms with E-state index in [1.54, 1.807) is 42.6 Å². The molecule has 0 saturated carbocycles. The molecular formula is C22H14FN5O2. The molecule has 8 heteroatoms. The van der Waals surface area contributed by atoms with Crippen LogP contribution in [0.2, 0.25) is 0 Å². The topological polar surface area (TPSA) is 99.3 Å². The average Bonchev–Trinajstić information content (AvgIpc) is 3.15. The van der Waals surface area contributed by atoms with Gasteiger partial charge in [0.2, 0.25) is 5.82 Å². The normalized spacial score (nSPS) is 10.4. The van der Waals surface area contributed by atoms with Crippen LogP contribution in [0.3, 0.4) is 0 Å². The molecule has 2 aromatic heterocycles. The Morgan fingerprint density at radius 2 is 1.70 bits per heavy atom. The molecule has 7 nitrogen and oxygen atoms in total. The van der Waals surface area contributed by atoms with Crippen molar-refractivity contribution < 1.29 is 14.0 Å². The van der Waals surface area contributed by atoms with Crippen LogP contribution in [0.5, 0.6) is 0 Å². The van der Waals surface area contributed by atoms with Gasteiger partial charge in [-0.1, -0.05) is 12.1 Å². The highest BCUT2D eigenvalue weighted by Gasteiger charge is 2.21. The molecule has 2 heterocycles. The number of carbonyl (C=O) groups is 2. The van der Waals surface area contributed by atoms with Gasteiger partial charge >= 0.3 is 0 Å². The Labute approximate surface area is 170 Å². The smallest absolute Gasteiger partial charge is 0.292 e. The number of imidazole rings is 1. The summed E-state index contributed by atoms with van der Waals surface area (Å²) in [4.78, 5) is 29.8. The minimum atomic E-state index is -0.535. The number of pyridine rings is 1. The number of carbonyl (C=O) groups excluding carboxylic acids is 2. The SMILES string of the molecule is N#Cc1cccc(NC(=O)c2nc(C(=O)Nc3ccc(F)cc3)c3ccccn23)c1. The number of rotatable bonds is 4. The Morgan fingerprint density at radius 1 is 0.933 bits per heavy atom. The van der Waals surface area contributed by atoms with Gasteiger partial charge in [0.25, 0.3) is 11.8 Å². The monoisotopic (exact) mass is 399 g/mol. The van der Waals surface area contributed by atoms with Crippen molar-refractivity contribution in [2.24, 2.45) is 0 Å². The number of amides is 2. The summed E-state index contributed by atoms with van der Waals surface area (Å²) in [5.74, 6) is -1.47. The second-order valence-corrected chi connectivity index (χ2v) is 6.35. The van der Waals surface area contributed by atoms with Gasteiger partial charge in [-0.25, -0.2) is 9.37 Å². The number of benzene rings is 2. The van der Waals surface area contributed by atoms with Gasteiger partial charge in [-0.05, 0) is 54.6 Å². The molecule has 0 aliphatic carbocycles. The Morgan fingerprint density at radius 3 is 2.47 bits per heavy atom. The number of aromatic nitrogens is 2. The highest BCUT2D eigenvalue weighted by Crippen LogP contribution is 2.18. The summed E-state index contributed by atoms with van der Waals surface area (Å²) in [6.07, 6.45) is 1.62. The summed E-state index contributed by atoms with van der Waals surface area (Å²) in [6, 6.07) is 18.9. The van der Waals surface area contributed by atoms with Crippen LogP contribution >= 0.6 is 0 Å². The first kappa shape index (κ1) is 18.8. The number of fused-ring (bicyclic) bond motifs is 1. The van der Waals surface area contributed by atoms with Crippen LogP contribution in [0.25, 0.3) is 5.52 Å². The zero-order valence-electron chi connectivity index (χ0n) is 15.5. The summed E-state index contributed by atoms with van der Waals surface area (Å²) in [5, 5.41) is 14.3. The fourth-order valence-electron chi connectivity index (χ4n) is 2.94. The summed E-state index contributed by atoms with van der Waals surface area (Å²) in [7, 11) is 0. The molecular weight excluding hydrogens is 385 g/mol. The molecule has 0 unspecified atom stereocenters. The summed E-state index contributed by atoms with van der Waals surface area (Å²) < 4.78 is 14.6. The summed E-state index contributed by atoms with van der Waals surface area (Å²) in [6.45, 7) is 0. The molecule has 0 atom stereocenters. The first-order valence-corrected chi connectivity index (χ1v) is 8.90. The van der Waals surface area contributed by atoms with Crippen molar-refractivity contribution in [2.45, 2.75) is 0 Å². The molecule has 2 N–H and O–H groups in total. The number of nitrogens with zero attached hydrogens (tertiary/aromatic N) is 3. The van der Waals surface area contributed by atoms with E-state index in [1.807, 2.05) is 6.07 Å². The standard InChI is InChI=1S/C22H14FN5O2/c23-15-7-9-16(10-8-15)25-21(29)19-18-6-1-2-11-28(18)20(27-19)22(30)26-17-5-3-4-14(12-17)13-24/h1-12H,(H,25,29)(H,26,30). The zero-order valence-corrected chi connectivity index (χ0v) is 15.5. The summed E-state index contributed by atoms with van der Waals surface area (Å²) in [5.41, 5.74) is 1.73. The molecule has 0 bridgehead atoms. The predicted molar refractivity (Wildman–Crippen MR) is 109 cm³/mol. The lowest BCUT2D eigenvalue weighted by Crippen LogP contribution is -2.16. The summed E-state index contributed by atoms with van der Waals surface area (Å²) >= 11 is 0. The maximum absolute atomic E-state index is 13.1. The molecule has 0 radical (unpaired) electrons. The van der Waals surface area contributed by atoms with Gasteiger partial charge in [-0.2, -0.15) is 5.26 Å². The van der Waals surface area contributed by atoms with Crippen molar-refractivity contribution >= 4 is 28.7 Å². The average molecular weight is 399 g/mol. The van der Waals surface area contributed by atoms with E-state index in [9.17, 15) is 14.0 Å². The Kier molecular flexibility index (Phi) is 4.93. The highest BCUT2D eigenvalue weighted by molar-refractivity contribution is 6.10.